The van der Waals surface area contributed by atoms with Crippen LogP contribution in [0.2, 0.25) is 0 Å². The Kier molecular flexibility index (Phi) is 1.58. The summed E-state index contributed by atoms with van der Waals surface area (Å²) in [6.45, 7) is 6.81. The lowest BCUT2D eigenvalue weighted by molar-refractivity contribution is 0.0562. The number of benzene rings is 1. The maximum Gasteiger partial charge on any atom is 0.0868 e. The van der Waals surface area contributed by atoms with E-state index in [1.165, 1.54) is 16.7 Å². The molecule has 0 aromatic heterocycles. The Balaban J connectivity index is 2.20. The molecule has 1 heteroatoms. The van der Waals surface area contributed by atoms with Gasteiger partial charge in [-0.25, -0.2) is 0 Å². The van der Waals surface area contributed by atoms with Crippen molar-refractivity contribution in [2.24, 2.45) is 11.8 Å². The van der Waals surface area contributed by atoms with Gasteiger partial charge in [-0.1, -0.05) is 32.0 Å². The van der Waals surface area contributed by atoms with Crippen LogP contribution in [0.25, 0.3) is 0 Å². The molecule has 3 rings (SSSR count). The largest absolute Gasteiger partial charge is 0.365 e. The van der Waals surface area contributed by atoms with Crippen molar-refractivity contribution < 1.29 is 4.74 Å². The van der Waals surface area contributed by atoms with Gasteiger partial charge in [0.25, 0.3) is 0 Å². The van der Waals surface area contributed by atoms with Crippen molar-refractivity contribution in [1.29, 1.82) is 0 Å². The van der Waals surface area contributed by atoms with E-state index < -0.39 is 0 Å². The molecule has 0 amide bonds. The zero-order valence-corrected chi connectivity index (χ0v) is 8.95. The Morgan fingerprint density at radius 1 is 1.07 bits per heavy atom. The van der Waals surface area contributed by atoms with E-state index in [4.69, 9.17) is 4.74 Å². The molecule has 2 aliphatic heterocycles. The number of fused-ring (bicyclic) bond motifs is 5. The molecule has 2 aliphatic rings. The first kappa shape index (κ1) is 8.49. The van der Waals surface area contributed by atoms with Crippen LogP contribution in [-0.2, 0) is 4.74 Å². The molecule has 0 spiro atoms. The van der Waals surface area contributed by atoms with Crippen LogP contribution in [0.4, 0.5) is 0 Å². The minimum Gasteiger partial charge on any atom is -0.365 e. The molecule has 0 N–H and O–H groups in total. The quantitative estimate of drug-likeness (QED) is 0.606. The number of ether oxygens (including phenoxy) is 1. The lowest BCUT2D eigenvalue weighted by atomic mass is 9.76. The standard InChI is InChI=1S/C13H16O/c1-7-5-4-6-10-11(7)13-9(3)8(2)12(10)14-13/h4-6,8-9,12-13H,1-3H3/t8?,9?,12-,13+/m1/s1. The number of hydrogen-bond donors (Lipinski definition) is 0. The second-order valence-corrected chi connectivity index (χ2v) is 4.77. The Morgan fingerprint density at radius 2 is 1.79 bits per heavy atom. The summed E-state index contributed by atoms with van der Waals surface area (Å²) in [6.07, 6.45) is 0.732. The van der Waals surface area contributed by atoms with Gasteiger partial charge in [0.05, 0.1) is 12.2 Å². The summed E-state index contributed by atoms with van der Waals surface area (Å²) in [7, 11) is 0. The highest BCUT2D eigenvalue weighted by Crippen LogP contribution is 2.57. The summed E-state index contributed by atoms with van der Waals surface area (Å²) in [5.41, 5.74) is 4.32. The van der Waals surface area contributed by atoms with Crippen LogP contribution in [0.1, 0.15) is 42.7 Å². The molecule has 2 heterocycles. The number of hydrogen-bond acceptors (Lipinski definition) is 1. The molecule has 1 saturated heterocycles. The first-order valence-electron chi connectivity index (χ1n) is 5.45. The fraction of sp³-hybridized carbons (Fsp3) is 0.538. The second-order valence-electron chi connectivity index (χ2n) is 4.77. The van der Waals surface area contributed by atoms with Gasteiger partial charge in [0.1, 0.15) is 0 Å². The van der Waals surface area contributed by atoms with E-state index in [2.05, 4.69) is 39.0 Å². The van der Waals surface area contributed by atoms with Crippen LogP contribution >= 0.6 is 0 Å². The van der Waals surface area contributed by atoms with E-state index in [1.54, 1.807) is 0 Å². The molecule has 14 heavy (non-hydrogen) atoms. The van der Waals surface area contributed by atoms with Crippen LogP contribution in [0.5, 0.6) is 0 Å². The number of aryl methyl sites for hydroxylation is 1. The monoisotopic (exact) mass is 188 g/mol. The number of rotatable bonds is 0. The molecule has 74 valence electrons. The predicted octanol–water partition coefficient (Wildman–Crippen LogP) is 3.39. The van der Waals surface area contributed by atoms with Crippen LogP contribution in [0, 0.1) is 18.8 Å². The molecule has 2 unspecified atom stereocenters. The Labute approximate surface area is 85.1 Å². The fourth-order valence-corrected chi connectivity index (χ4v) is 2.98. The summed E-state index contributed by atoms with van der Waals surface area (Å²) in [6, 6.07) is 6.57. The maximum absolute atomic E-state index is 6.05. The zero-order valence-electron chi connectivity index (χ0n) is 8.95. The average molecular weight is 188 g/mol. The van der Waals surface area contributed by atoms with Gasteiger partial charge in [0.15, 0.2) is 0 Å². The molecule has 4 atom stereocenters. The van der Waals surface area contributed by atoms with Crippen molar-refractivity contribution >= 4 is 0 Å². The van der Waals surface area contributed by atoms with E-state index in [0.717, 1.165) is 0 Å². The van der Waals surface area contributed by atoms with Gasteiger partial charge in [0.2, 0.25) is 0 Å². The highest BCUT2D eigenvalue weighted by Gasteiger charge is 2.48. The average Bonchev–Trinajstić information content (AvgIpc) is 2.67. The maximum atomic E-state index is 6.05. The van der Waals surface area contributed by atoms with Crippen molar-refractivity contribution in [1.82, 2.24) is 0 Å². The van der Waals surface area contributed by atoms with Crippen molar-refractivity contribution in [3.05, 3.63) is 34.9 Å². The van der Waals surface area contributed by atoms with Crippen LogP contribution in [0.15, 0.2) is 18.2 Å². The summed E-state index contributed by atoms with van der Waals surface area (Å²) in [4.78, 5) is 0. The van der Waals surface area contributed by atoms with Crippen molar-refractivity contribution in [3.8, 4) is 0 Å². The van der Waals surface area contributed by atoms with Crippen LogP contribution < -0.4 is 0 Å². The first-order valence-corrected chi connectivity index (χ1v) is 5.45. The van der Waals surface area contributed by atoms with Gasteiger partial charge in [0, 0.05) is 0 Å². The van der Waals surface area contributed by atoms with Gasteiger partial charge < -0.3 is 4.74 Å². The summed E-state index contributed by atoms with van der Waals surface area (Å²) >= 11 is 0. The lowest BCUT2D eigenvalue weighted by Gasteiger charge is -2.24. The third kappa shape index (κ3) is 0.838. The molecule has 2 bridgehead atoms. The Hall–Kier alpha value is -0.820. The Bertz CT molecular complexity index is 383. The zero-order chi connectivity index (χ0) is 9.87. The highest BCUT2D eigenvalue weighted by atomic mass is 16.5. The molecule has 0 saturated carbocycles. The van der Waals surface area contributed by atoms with Crippen molar-refractivity contribution in [2.45, 2.75) is 33.0 Å². The lowest BCUT2D eigenvalue weighted by Crippen LogP contribution is -2.17. The van der Waals surface area contributed by atoms with Gasteiger partial charge in [-0.3, -0.25) is 0 Å². The highest BCUT2D eigenvalue weighted by molar-refractivity contribution is 5.43. The molecule has 1 nitrogen and oxygen atoms in total. The van der Waals surface area contributed by atoms with E-state index in [0.29, 0.717) is 24.0 Å². The van der Waals surface area contributed by atoms with Gasteiger partial charge >= 0.3 is 0 Å². The summed E-state index contributed by atoms with van der Waals surface area (Å²) in [5, 5.41) is 0. The van der Waals surface area contributed by atoms with E-state index in [1.807, 2.05) is 0 Å². The van der Waals surface area contributed by atoms with E-state index in [-0.39, 0.29) is 0 Å². The molecule has 1 aromatic rings. The smallest absolute Gasteiger partial charge is 0.0868 e. The van der Waals surface area contributed by atoms with Crippen molar-refractivity contribution in [2.75, 3.05) is 0 Å². The minimum absolute atomic E-state index is 0.366. The second kappa shape index (κ2) is 2.60. The molecule has 1 aromatic carbocycles. The fourth-order valence-electron chi connectivity index (χ4n) is 2.98. The first-order chi connectivity index (χ1) is 6.70. The van der Waals surface area contributed by atoms with Gasteiger partial charge in [-0.2, -0.15) is 0 Å². The molecule has 0 aliphatic carbocycles. The van der Waals surface area contributed by atoms with E-state index >= 15 is 0 Å². The van der Waals surface area contributed by atoms with Crippen LogP contribution in [-0.4, -0.2) is 0 Å². The SMILES string of the molecule is Cc1cccc2c1[C@H]1O[C@@H]2C(C)C1C. The van der Waals surface area contributed by atoms with E-state index in [9.17, 15) is 0 Å². The summed E-state index contributed by atoms with van der Waals surface area (Å²) in [5.74, 6) is 1.35. The molecular weight excluding hydrogens is 172 g/mol. The summed E-state index contributed by atoms with van der Waals surface area (Å²) < 4.78 is 6.05. The Morgan fingerprint density at radius 3 is 2.57 bits per heavy atom. The molecule has 0 radical (unpaired) electrons. The third-order valence-electron chi connectivity index (χ3n) is 4.03. The third-order valence-corrected chi connectivity index (χ3v) is 4.03. The minimum atomic E-state index is 0.366. The topological polar surface area (TPSA) is 9.23 Å². The molecule has 1 fully saturated rings. The predicted molar refractivity (Wildman–Crippen MR) is 56.1 cm³/mol. The van der Waals surface area contributed by atoms with Crippen molar-refractivity contribution in [3.63, 3.8) is 0 Å². The van der Waals surface area contributed by atoms with Gasteiger partial charge in [-0.15, -0.1) is 0 Å². The normalized spacial score (nSPS) is 38.8. The molecular formula is C13H16O. The van der Waals surface area contributed by atoms with Gasteiger partial charge in [-0.05, 0) is 35.4 Å². The van der Waals surface area contributed by atoms with Crippen LogP contribution in [0.3, 0.4) is 0 Å².